The van der Waals surface area contributed by atoms with Crippen molar-refractivity contribution < 1.29 is 4.74 Å². The minimum Gasteiger partial charge on any atom is -0.457 e. The van der Waals surface area contributed by atoms with Gasteiger partial charge in [-0.05, 0) is 55.8 Å². The molecule has 0 amide bonds. The molecule has 0 fully saturated rings. The monoisotopic (exact) mass is 319 g/mol. The Hall–Kier alpha value is -1.32. The van der Waals surface area contributed by atoms with Crippen molar-refractivity contribution in [3.05, 3.63) is 57.6 Å². The fourth-order valence-electron chi connectivity index (χ4n) is 1.89. The predicted molar refractivity (Wildman–Crippen MR) is 82.9 cm³/mol. The largest absolute Gasteiger partial charge is 0.457 e. The number of ether oxygens (including phenoxy) is 1. The minimum absolute atomic E-state index is 0.838. The van der Waals surface area contributed by atoms with Gasteiger partial charge in [0.25, 0.3) is 0 Å². The maximum absolute atomic E-state index is 5.95. The Kier molecular flexibility index (Phi) is 4.61. The van der Waals surface area contributed by atoms with Crippen molar-refractivity contribution in [2.45, 2.75) is 20.4 Å². The van der Waals surface area contributed by atoms with Gasteiger partial charge in [0.1, 0.15) is 11.5 Å². The Bertz CT molecular complexity index is 581. The Morgan fingerprint density at radius 2 is 1.95 bits per heavy atom. The van der Waals surface area contributed by atoms with Crippen molar-refractivity contribution in [3.8, 4) is 11.5 Å². The van der Waals surface area contributed by atoms with Gasteiger partial charge in [-0.2, -0.15) is 0 Å². The van der Waals surface area contributed by atoms with Gasteiger partial charge in [0.05, 0.1) is 0 Å². The zero-order chi connectivity index (χ0) is 13.8. The molecule has 19 heavy (non-hydrogen) atoms. The van der Waals surface area contributed by atoms with E-state index in [-0.39, 0.29) is 0 Å². The van der Waals surface area contributed by atoms with Gasteiger partial charge in [-0.3, -0.25) is 0 Å². The average Bonchev–Trinajstić information content (AvgIpc) is 2.38. The van der Waals surface area contributed by atoms with Crippen LogP contribution in [0, 0.1) is 13.8 Å². The molecule has 0 aromatic heterocycles. The lowest BCUT2D eigenvalue weighted by Crippen LogP contribution is -2.05. The van der Waals surface area contributed by atoms with E-state index in [0.717, 1.165) is 22.5 Å². The first-order valence-corrected chi connectivity index (χ1v) is 7.08. The molecule has 0 atom stereocenters. The Labute approximate surface area is 122 Å². The molecular formula is C16H18BrNO. The van der Waals surface area contributed by atoms with Crippen molar-refractivity contribution in [1.29, 1.82) is 0 Å². The first-order valence-electron chi connectivity index (χ1n) is 6.29. The van der Waals surface area contributed by atoms with Gasteiger partial charge in [0.15, 0.2) is 0 Å². The summed E-state index contributed by atoms with van der Waals surface area (Å²) in [7, 11) is 1.94. The van der Waals surface area contributed by atoms with Crippen LogP contribution in [0.2, 0.25) is 0 Å². The van der Waals surface area contributed by atoms with Crippen LogP contribution in [0.4, 0.5) is 0 Å². The van der Waals surface area contributed by atoms with E-state index < -0.39 is 0 Å². The number of nitrogens with one attached hydrogen (secondary N) is 1. The van der Waals surface area contributed by atoms with Crippen molar-refractivity contribution in [3.63, 3.8) is 0 Å². The SMILES string of the molecule is CNCc1ccc(Oc2cccc(C)c2C)cc1Br. The van der Waals surface area contributed by atoms with Crippen LogP contribution in [0.25, 0.3) is 0 Å². The standard InChI is InChI=1S/C16H18BrNO/c1-11-5-4-6-16(12(11)2)19-14-8-7-13(10-18-3)15(17)9-14/h4-9,18H,10H2,1-3H3. The van der Waals surface area contributed by atoms with Crippen LogP contribution in [0.1, 0.15) is 16.7 Å². The fraction of sp³-hybridized carbons (Fsp3) is 0.250. The molecule has 0 aliphatic heterocycles. The summed E-state index contributed by atoms with van der Waals surface area (Å²) >= 11 is 3.57. The molecule has 0 unspecified atom stereocenters. The molecule has 0 bridgehead atoms. The second kappa shape index (κ2) is 6.22. The lowest BCUT2D eigenvalue weighted by Gasteiger charge is -2.12. The lowest BCUT2D eigenvalue weighted by molar-refractivity contribution is 0.477. The highest BCUT2D eigenvalue weighted by Crippen LogP contribution is 2.30. The van der Waals surface area contributed by atoms with Crippen LogP contribution in [0.15, 0.2) is 40.9 Å². The molecule has 1 N–H and O–H groups in total. The molecular weight excluding hydrogens is 302 g/mol. The highest BCUT2D eigenvalue weighted by Gasteiger charge is 2.05. The van der Waals surface area contributed by atoms with E-state index in [1.807, 2.05) is 31.3 Å². The second-order valence-corrected chi connectivity index (χ2v) is 5.44. The zero-order valence-electron chi connectivity index (χ0n) is 11.5. The maximum Gasteiger partial charge on any atom is 0.130 e. The molecule has 2 aromatic carbocycles. The number of rotatable bonds is 4. The summed E-state index contributed by atoms with van der Waals surface area (Å²) in [6.45, 7) is 5.01. The minimum atomic E-state index is 0.838. The van der Waals surface area contributed by atoms with E-state index in [9.17, 15) is 0 Å². The number of halogens is 1. The smallest absolute Gasteiger partial charge is 0.130 e. The number of aryl methyl sites for hydroxylation is 1. The van der Waals surface area contributed by atoms with Gasteiger partial charge < -0.3 is 10.1 Å². The summed E-state index contributed by atoms with van der Waals surface area (Å²) in [6, 6.07) is 12.2. The van der Waals surface area contributed by atoms with Gasteiger partial charge in [-0.1, -0.05) is 34.1 Å². The van der Waals surface area contributed by atoms with E-state index in [4.69, 9.17) is 4.74 Å². The molecule has 2 nitrogen and oxygen atoms in total. The number of hydrogen-bond donors (Lipinski definition) is 1. The molecule has 0 radical (unpaired) electrons. The van der Waals surface area contributed by atoms with Crippen molar-refractivity contribution in [2.24, 2.45) is 0 Å². The van der Waals surface area contributed by atoms with E-state index in [0.29, 0.717) is 0 Å². The van der Waals surface area contributed by atoms with Gasteiger partial charge in [0, 0.05) is 11.0 Å². The Morgan fingerprint density at radius 3 is 2.63 bits per heavy atom. The molecule has 0 aliphatic carbocycles. The molecule has 3 heteroatoms. The van der Waals surface area contributed by atoms with Crippen LogP contribution in [-0.2, 0) is 6.54 Å². The van der Waals surface area contributed by atoms with Crippen LogP contribution >= 0.6 is 15.9 Å². The predicted octanol–water partition coefficient (Wildman–Crippen LogP) is 4.58. The molecule has 0 aliphatic rings. The quantitative estimate of drug-likeness (QED) is 0.890. The molecule has 2 aromatic rings. The molecule has 0 heterocycles. The molecule has 100 valence electrons. The summed E-state index contributed by atoms with van der Waals surface area (Å²) in [5, 5.41) is 3.14. The summed E-state index contributed by atoms with van der Waals surface area (Å²) in [5.41, 5.74) is 3.64. The molecule has 0 saturated heterocycles. The Morgan fingerprint density at radius 1 is 1.16 bits per heavy atom. The Balaban J connectivity index is 2.24. The van der Waals surface area contributed by atoms with E-state index in [2.05, 4.69) is 47.2 Å². The van der Waals surface area contributed by atoms with Gasteiger partial charge in [0.2, 0.25) is 0 Å². The van der Waals surface area contributed by atoms with Crippen LogP contribution < -0.4 is 10.1 Å². The average molecular weight is 320 g/mol. The van der Waals surface area contributed by atoms with Crippen LogP contribution in [0.3, 0.4) is 0 Å². The van der Waals surface area contributed by atoms with Crippen molar-refractivity contribution >= 4 is 15.9 Å². The molecule has 0 spiro atoms. The van der Waals surface area contributed by atoms with Gasteiger partial charge in [-0.15, -0.1) is 0 Å². The normalized spacial score (nSPS) is 10.5. The van der Waals surface area contributed by atoms with Crippen LogP contribution in [-0.4, -0.2) is 7.05 Å². The highest BCUT2D eigenvalue weighted by atomic mass is 79.9. The van der Waals surface area contributed by atoms with Gasteiger partial charge >= 0.3 is 0 Å². The zero-order valence-corrected chi connectivity index (χ0v) is 13.0. The number of benzene rings is 2. The van der Waals surface area contributed by atoms with Crippen molar-refractivity contribution in [1.82, 2.24) is 5.32 Å². The summed E-state index contributed by atoms with van der Waals surface area (Å²) in [4.78, 5) is 0. The molecule has 0 saturated carbocycles. The molecule has 2 rings (SSSR count). The van der Waals surface area contributed by atoms with E-state index in [1.165, 1.54) is 16.7 Å². The highest BCUT2D eigenvalue weighted by molar-refractivity contribution is 9.10. The first-order chi connectivity index (χ1) is 9.11. The van der Waals surface area contributed by atoms with E-state index in [1.54, 1.807) is 0 Å². The maximum atomic E-state index is 5.95. The first kappa shape index (κ1) is 14.1. The third-order valence-electron chi connectivity index (χ3n) is 3.17. The lowest BCUT2D eigenvalue weighted by atomic mass is 10.1. The fourth-order valence-corrected chi connectivity index (χ4v) is 2.39. The van der Waals surface area contributed by atoms with E-state index >= 15 is 0 Å². The second-order valence-electron chi connectivity index (χ2n) is 4.58. The third-order valence-corrected chi connectivity index (χ3v) is 3.91. The van der Waals surface area contributed by atoms with Crippen molar-refractivity contribution in [2.75, 3.05) is 7.05 Å². The third kappa shape index (κ3) is 3.37. The summed E-state index contributed by atoms with van der Waals surface area (Å²) in [5.74, 6) is 1.76. The topological polar surface area (TPSA) is 21.3 Å². The summed E-state index contributed by atoms with van der Waals surface area (Å²) in [6.07, 6.45) is 0. The summed E-state index contributed by atoms with van der Waals surface area (Å²) < 4.78 is 7.01. The number of hydrogen-bond acceptors (Lipinski definition) is 2. The van der Waals surface area contributed by atoms with Gasteiger partial charge in [-0.25, -0.2) is 0 Å². The van der Waals surface area contributed by atoms with Crippen LogP contribution in [0.5, 0.6) is 11.5 Å².